The van der Waals surface area contributed by atoms with Crippen LogP contribution in [0.5, 0.6) is 0 Å². The number of rotatable bonds is 6. The van der Waals surface area contributed by atoms with E-state index in [9.17, 15) is 12.8 Å². The molecule has 1 aliphatic heterocycles. The van der Waals surface area contributed by atoms with E-state index in [2.05, 4.69) is 40.6 Å². The van der Waals surface area contributed by atoms with Crippen molar-refractivity contribution in [1.29, 1.82) is 0 Å². The predicted octanol–water partition coefficient (Wildman–Crippen LogP) is 4.58. The lowest BCUT2D eigenvalue weighted by molar-refractivity contribution is 0.166. The molecule has 0 saturated carbocycles. The zero-order valence-corrected chi connectivity index (χ0v) is 20.6. The molecule has 1 fully saturated rings. The molecule has 7 nitrogen and oxygen atoms in total. The standard InChI is InChI=1S/C23H27ClFN5O2S/c1-23(2,3)15-6-8-16(9-7-15)33(31,32)28-20-13-19(25)18(24)12-17(20)22-27-26-21(29(22)4)14-30-10-5-11-30/h6-9,12-13,28H,5,10-11,14H2,1-4H3. The van der Waals surface area contributed by atoms with Crippen molar-refractivity contribution < 1.29 is 12.8 Å². The van der Waals surface area contributed by atoms with E-state index in [-0.39, 0.29) is 21.0 Å². The van der Waals surface area contributed by atoms with Crippen LogP contribution in [-0.2, 0) is 29.0 Å². The molecular weight excluding hydrogens is 465 g/mol. The smallest absolute Gasteiger partial charge is 0.261 e. The van der Waals surface area contributed by atoms with Crippen molar-refractivity contribution in [1.82, 2.24) is 19.7 Å². The molecule has 0 aliphatic carbocycles. The van der Waals surface area contributed by atoms with Crippen LogP contribution in [-0.4, -0.2) is 41.2 Å². The average molecular weight is 492 g/mol. The second-order valence-electron chi connectivity index (χ2n) is 9.32. The van der Waals surface area contributed by atoms with Gasteiger partial charge in [-0.1, -0.05) is 44.5 Å². The summed E-state index contributed by atoms with van der Waals surface area (Å²) in [4.78, 5) is 2.31. The first-order valence-electron chi connectivity index (χ1n) is 10.7. The molecule has 0 spiro atoms. The van der Waals surface area contributed by atoms with Crippen molar-refractivity contribution in [2.75, 3.05) is 17.8 Å². The molecule has 2 aromatic carbocycles. The molecule has 0 unspecified atom stereocenters. The first kappa shape index (κ1) is 23.7. The van der Waals surface area contributed by atoms with Crippen molar-refractivity contribution in [3.8, 4) is 11.4 Å². The second-order valence-corrected chi connectivity index (χ2v) is 11.4. The highest BCUT2D eigenvalue weighted by Crippen LogP contribution is 2.34. The molecule has 0 radical (unpaired) electrons. The van der Waals surface area contributed by atoms with Crippen LogP contribution in [0.3, 0.4) is 0 Å². The molecular formula is C23H27ClFN5O2S. The Bertz CT molecular complexity index is 1280. The van der Waals surface area contributed by atoms with Gasteiger partial charge in [0.15, 0.2) is 5.82 Å². The van der Waals surface area contributed by atoms with E-state index >= 15 is 0 Å². The Kier molecular flexibility index (Phi) is 6.24. The van der Waals surface area contributed by atoms with Gasteiger partial charge in [0.1, 0.15) is 11.6 Å². The van der Waals surface area contributed by atoms with Crippen molar-refractivity contribution in [3.05, 3.63) is 58.6 Å². The van der Waals surface area contributed by atoms with Crippen LogP contribution in [0.2, 0.25) is 5.02 Å². The van der Waals surface area contributed by atoms with Gasteiger partial charge in [0.25, 0.3) is 10.0 Å². The van der Waals surface area contributed by atoms with Gasteiger partial charge in [-0.3, -0.25) is 9.62 Å². The maximum Gasteiger partial charge on any atom is 0.261 e. The SMILES string of the molecule is Cn1c(CN2CCC2)nnc1-c1cc(Cl)c(F)cc1NS(=O)(=O)c1ccc(C(C)(C)C)cc1. The molecule has 10 heteroatoms. The van der Waals surface area contributed by atoms with Crippen LogP contribution in [0.15, 0.2) is 41.3 Å². The zero-order valence-electron chi connectivity index (χ0n) is 19.1. The van der Waals surface area contributed by atoms with E-state index in [1.807, 2.05) is 0 Å². The summed E-state index contributed by atoms with van der Waals surface area (Å²) in [5, 5.41) is 8.36. The fourth-order valence-electron chi connectivity index (χ4n) is 3.63. The molecule has 3 aromatic rings. The fourth-order valence-corrected chi connectivity index (χ4v) is 4.86. The summed E-state index contributed by atoms with van der Waals surface area (Å²) in [6.07, 6.45) is 1.15. The van der Waals surface area contributed by atoms with Gasteiger partial charge >= 0.3 is 0 Å². The average Bonchev–Trinajstić information content (AvgIpc) is 3.07. The molecule has 0 bridgehead atoms. The van der Waals surface area contributed by atoms with Gasteiger partial charge in [-0.25, -0.2) is 12.8 Å². The third-order valence-corrected chi connectivity index (χ3v) is 7.53. The predicted molar refractivity (Wildman–Crippen MR) is 127 cm³/mol. The Morgan fingerprint density at radius 1 is 1.12 bits per heavy atom. The lowest BCUT2D eigenvalue weighted by Crippen LogP contribution is -2.37. The summed E-state index contributed by atoms with van der Waals surface area (Å²) in [6, 6.07) is 9.09. The summed E-state index contributed by atoms with van der Waals surface area (Å²) in [6.45, 7) is 8.80. The molecule has 1 N–H and O–H groups in total. The number of benzene rings is 2. The molecule has 2 heterocycles. The van der Waals surface area contributed by atoms with Crippen LogP contribution in [0, 0.1) is 5.82 Å². The quantitative estimate of drug-likeness (QED) is 0.546. The molecule has 0 atom stereocenters. The van der Waals surface area contributed by atoms with E-state index < -0.39 is 15.8 Å². The van der Waals surface area contributed by atoms with E-state index in [0.717, 1.165) is 37.0 Å². The lowest BCUT2D eigenvalue weighted by atomic mass is 9.87. The normalized spacial score (nSPS) is 14.8. The van der Waals surface area contributed by atoms with Crippen LogP contribution in [0.25, 0.3) is 11.4 Å². The summed E-state index contributed by atoms with van der Waals surface area (Å²) >= 11 is 6.04. The minimum atomic E-state index is -3.98. The monoisotopic (exact) mass is 491 g/mol. The third kappa shape index (κ3) is 4.90. The molecule has 1 saturated heterocycles. The van der Waals surface area contributed by atoms with Gasteiger partial charge in [0.2, 0.25) is 0 Å². The second kappa shape index (κ2) is 8.70. The first-order chi connectivity index (χ1) is 15.5. The van der Waals surface area contributed by atoms with Crippen molar-refractivity contribution in [3.63, 3.8) is 0 Å². The molecule has 1 aliphatic rings. The van der Waals surface area contributed by atoms with Crippen LogP contribution in [0.1, 0.15) is 38.6 Å². The zero-order chi connectivity index (χ0) is 24.0. The van der Waals surface area contributed by atoms with Gasteiger partial charge in [-0.2, -0.15) is 0 Å². The van der Waals surface area contributed by atoms with Crippen molar-refractivity contribution in [2.24, 2.45) is 7.05 Å². The number of nitrogens with zero attached hydrogens (tertiary/aromatic N) is 4. The summed E-state index contributed by atoms with van der Waals surface area (Å²) < 4.78 is 44.9. The summed E-state index contributed by atoms with van der Waals surface area (Å²) in [5.41, 5.74) is 1.29. The number of nitrogens with one attached hydrogen (secondary N) is 1. The third-order valence-electron chi connectivity index (χ3n) is 5.86. The van der Waals surface area contributed by atoms with E-state index in [1.54, 1.807) is 35.9 Å². The highest BCUT2D eigenvalue weighted by atomic mass is 35.5. The van der Waals surface area contributed by atoms with Crippen LogP contribution >= 0.6 is 11.6 Å². The van der Waals surface area contributed by atoms with Gasteiger partial charge in [0, 0.05) is 18.7 Å². The van der Waals surface area contributed by atoms with Gasteiger partial charge in [-0.15, -0.1) is 10.2 Å². The van der Waals surface area contributed by atoms with Gasteiger partial charge < -0.3 is 4.57 Å². The molecule has 33 heavy (non-hydrogen) atoms. The van der Waals surface area contributed by atoms with E-state index in [1.165, 1.54) is 6.07 Å². The van der Waals surface area contributed by atoms with Crippen molar-refractivity contribution in [2.45, 2.75) is 44.0 Å². The van der Waals surface area contributed by atoms with Gasteiger partial charge in [-0.05, 0) is 48.7 Å². The fraction of sp³-hybridized carbons (Fsp3) is 0.391. The topological polar surface area (TPSA) is 80.1 Å². The Hall–Kier alpha value is -2.49. The number of hydrogen-bond acceptors (Lipinski definition) is 5. The summed E-state index contributed by atoms with van der Waals surface area (Å²) in [5.74, 6) is 0.397. The minimum absolute atomic E-state index is 0.0443. The lowest BCUT2D eigenvalue weighted by Gasteiger charge is -2.29. The maximum atomic E-state index is 14.4. The highest BCUT2D eigenvalue weighted by molar-refractivity contribution is 7.92. The Labute approximate surface area is 198 Å². The van der Waals surface area contributed by atoms with Crippen molar-refractivity contribution >= 4 is 27.3 Å². The van der Waals surface area contributed by atoms with Crippen LogP contribution < -0.4 is 4.72 Å². The number of hydrogen-bond donors (Lipinski definition) is 1. The molecule has 176 valence electrons. The molecule has 0 amide bonds. The highest BCUT2D eigenvalue weighted by Gasteiger charge is 2.24. The van der Waals surface area contributed by atoms with E-state index in [0.29, 0.717) is 17.9 Å². The largest absolute Gasteiger partial charge is 0.313 e. The Balaban J connectivity index is 1.69. The Morgan fingerprint density at radius 3 is 2.36 bits per heavy atom. The number of aromatic nitrogens is 3. The number of anilines is 1. The first-order valence-corrected chi connectivity index (χ1v) is 12.6. The number of sulfonamides is 1. The van der Waals surface area contributed by atoms with Crippen LogP contribution in [0.4, 0.5) is 10.1 Å². The maximum absolute atomic E-state index is 14.4. The Morgan fingerprint density at radius 2 is 1.79 bits per heavy atom. The number of likely N-dealkylation sites (tertiary alicyclic amines) is 1. The van der Waals surface area contributed by atoms with E-state index in [4.69, 9.17) is 11.6 Å². The minimum Gasteiger partial charge on any atom is -0.313 e. The number of halogens is 2. The molecule has 4 rings (SSSR count). The molecule has 1 aromatic heterocycles. The van der Waals surface area contributed by atoms with Gasteiger partial charge in [0.05, 0.1) is 22.2 Å². The summed E-state index contributed by atoms with van der Waals surface area (Å²) in [7, 11) is -2.18.